The molecule has 0 radical (unpaired) electrons. The first-order chi connectivity index (χ1) is 24.8. The van der Waals surface area contributed by atoms with Crippen LogP contribution >= 0.6 is 0 Å². The molecule has 51 heavy (non-hydrogen) atoms. The zero-order valence-electron chi connectivity index (χ0n) is 29.8. The summed E-state index contributed by atoms with van der Waals surface area (Å²) >= 11 is 0. The van der Waals surface area contributed by atoms with Crippen LogP contribution in [0, 0.1) is 13.8 Å². The summed E-state index contributed by atoms with van der Waals surface area (Å²) in [6.45, 7) is 8.75. The summed E-state index contributed by atoms with van der Waals surface area (Å²) in [7, 11) is -3.66. The average Bonchev–Trinajstić information content (AvgIpc) is 3.71. The van der Waals surface area contributed by atoms with Crippen molar-refractivity contribution < 1.29 is 8.42 Å². The first kappa shape index (κ1) is 31.8. The van der Waals surface area contributed by atoms with Crippen LogP contribution in [0.5, 0.6) is 0 Å². The number of nitrogens with zero attached hydrogens (tertiary/aromatic N) is 2. The molecule has 0 bridgehead atoms. The summed E-state index contributed by atoms with van der Waals surface area (Å²) in [5, 5.41) is 4.91. The summed E-state index contributed by atoms with van der Waals surface area (Å²) in [5.74, 6) is 0. The lowest BCUT2D eigenvalue weighted by molar-refractivity contribution is 0.598. The summed E-state index contributed by atoms with van der Waals surface area (Å²) in [4.78, 5) is 0.741. The maximum Gasteiger partial charge on any atom is 0.207 e. The Morgan fingerprint density at radius 3 is 1.27 bits per heavy atom. The minimum atomic E-state index is -3.66. The molecule has 2 aromatic heterocycles. The monoisotopic (exact) mass is 686 g/mol. The van der Waals surface area contributed by atoms with Gasteiger partial charge in [0.2, 0.25) is 9.84 Å². The van der Waals surface area contributed by atoms with Gasteiger partial charge in [0.15, 0.2) is 0 Å². The van der Waals surface area contributed by atoms with Gasteiger partial charge in [-0.25, -0.2) is 8.42 Å². The quantitative estimate of drug-likeness (QED) is 0.160. The van der Waals surface area contributed by atoms with Gasteiger partial charge in [0.25, 0.3) is 0 Å². The third kappa shape index (κ3) is 4.97. The highest BCUT2D eigenvalue weighted by atomic mass is 32.2. The van der Waals surface area contributed by atoms with Crippen molar-refractivity contribution in [2.45, 2.75) is 76.0 Å². The topological polar surface area (TPSA) is 44.0 Å². The summed E-state index contributed by atoms with van der Waals surface area (Å²) < 4.78 is 32.7. The first-order valence-corrected chi connectivity index (χ1v) is 19.9. The Labute approximate surface area is 299 Å². The van der Waals surface area contributed by atoms with Crippen LogP contribution in [0.15, 0.2) is 119 Å². The van der Waals surface area contributed by atoms with E-state index < -0.39 is 9.84 Å². The summed E-state index contributed by atoms with van der Waals surface area (Å²) in [6, 6.07) is 38.7. The second kappa shape index (κ2) is 12.0. The Morgan fingerprint density at radius 1 is 0.471 bits per heavy atom. The summed E-state index contributed by atoms with van der Waals surface area (Å²) in [5.41, 5.74) is 13.1. The largest absolute Gasteiger partial charge is 0.309 e. The molecule has 254 valence electrons. The molecule has 0 saturated carbocycles. The molecular weight excluding hydrogens is 645 g/mol. The fraction of sp³-hybridized carbons (Fsp3) is 0.217. The molecule has 0 aliphatic carbocycles. The number of benzene rings is 6. The number of aromatic nitrogens is 2. The molecule has 0 atom stereocenters. The van der Waals surface area contributed by atoms with Gasteiger partial charge >= 0.3 is 0 Å². The van der Waals surface area contributed by atoms with E-state index in [2.05, 4.69) is 122 Å². The van der Waals surface area contributed by atoms with Gasteiger partial charge in [-0.3, -0.25) is 0 Å². The van der Waals surface area contributed by atoms with E-state index in [1.807, 2.05) is 24.3 Å². The lowest BCUT2D eigenvalue weighted by atomic mass is 10.0. The Morgan fingerprint density at radius 2 is 0.863 bits per heavy atom. The number of sulfone groups is 1. The molecule has 0 fully saturated rings. The number of aryl methyl sites for hydroxylation is 4. The fourth-order valence-electron chi connectivity index (χ4n) is 8.32. The lowest BCUT2D eigenvalue weighted by Gasteiger charge is -2.12. The van der Waals surface area contributed by atoms with Crippen molar-refractivity contribution in [1.29, 1.82) is 0 Å². The van der Waals surface area contributed by atoms with E-state index >= 15 is 0 Å². The molecule has 0 unspecified atom stereocenters. The van der Waals surface area contributed by atoms with Crippen LogP contribution in [0.3, 0.4) is 0 Å². The normalized spacial score (nSPS) is 13.5. The third-order valence-electron chi connectivity index (χ3n) is 10.9. The number of fused-ring (bicyclic) bond motifs is 9. The molecule has 0 N–H and O–H groups in total. The second-order valence-electron chi connectivity index (χ2n) is 14.5. The standard InChI is InChI=1S/C46H42N2O2S/c1-5-7-9-31-13-19-43-37(25-31)35-23-29(3)11-17-41(35)47(43)33-15-21-45-39(27-33)40-28-34(16-22-46(40)51(45,49)50)48-42-18-12-30(4)24-36(42)38-26-32(10-8-6-2)14-20-44(38)48/h11-28H,5-10H2,1-4H3. The molecule has 9 rings (SSSR count). The molecule has 6 aromatic carbocycles. The van der Waals surface area contributed by atoms with Gasteiger partial charge in [-0.15, -0.1) is 0 Å². The summed E-state index contributed by atoms with van der Waals surface area (Å²) in [6.07, 6.45) is 6.78. The minimum Gasteiger partial charge on any atom is -0.309 e. The Kier molecular flexibility index (Phi) is 7.48. The molecule has 5 heteroatoms. The van der Waals surface area contributed by atoms with Crippen molar-refractivity contribution >= 4 is 53.4 Å². The zero-order chi connectivity index (χ0) is 35.0. The maximum atomic E-state index is 14.0. The molecule has 0 amide bonds. The van der Waals surface area contributed by atoms with E-state index in [4.69, 9.17) is 0 Å². The molecule has 0 spiro atoms. The van der Waals surface area contributed by atoms with Gasteiger partial charge in [-0.2, -0.15) is 0 Å². The Hall–Kier alpha value is -5.13. The SMILES string of the molecule is CCCCc1ccc2c(c1)c1cc(C)ccc1n2-c1ccc2c(c1)-c1cc(-n3c4ccc(C)cc4c4cc(CCCC)ccc43)ccc1S2(=O)=O. The van der Waals surface area contributed by atoms with Gasteiger partial charge in [-0.05, 0) is 136 Å². The molecule has 0 saturated heterocycles. The van der Waals surface area contributed by atoms with Crippen LogP contribution in [0.1, 0.15) is 61.8 Å². The molecule has 8 aromatic rings. The number of hydrogen-bond donors (Lipinski definition) is 0. The van der Waals surface area contributed by atoms with Crippen LogP contribution in [0.4, 0.5) is 0 Å². The van der Waals surface area contributed by atoms with E-state index in [0.29, 0.717) is 9.79 Å². The van der Waals surface area contributed by atoms with Crippen molar-refractivity contribution in [3.63, 3.8) is 0 Å². The van der Waals surface area contributed by atoms with Crippen molar-refractivity contribution in [3.05, 3.63) is 131 Å². The van der Waals surface area contributed by atoms with Gasteiger partial charge in [0, 0.05) is 44.0 Å². The zero-order valence-corrected chi connectivity index (χ0v) is 30.6. The molecular formula is C46H42N2O2S. The minimum absolute atomic E-state index is 0.371. The molecule has 1 aliphatic rings. The van der Waals surface area contributed by atoms with E-state index in [-0.39, 0.29) is 0 Å². The lowest BCUT2D eigenvalue weighted by Crippen LogP contribution is -1.99. The number of unbranched alkanes of at least 4 members (excludes halogenated alkanes) is 2. The van der Waals surface area contributed by atoms with Crippen LogP contribution in [-0.4, -0.2) is 17.6 Å². The van der Waals surface area contributed by atoms with E-state index in [1.165, 1.54) is 43.8 Å². The van der Waals surface area contributed by atoms with Gasteiger partial charge in [0.1, 0.15) is 0 Å². The van der Waals surface area contributed by atoms with Gasteiger partial charge in [0.05, 0.1) is 31.9 Å². The van der Waals surface area contributed by atoms with Crippen molar-refractivity contribution in [2.75, 3.05) is 0 Å². The predicted octanol–water partition coefficient (Wildman–Crippen LogP) is 12.0. The maximum absolute atomic E-state index is 14.0. The van der Waals surface area contributed by atoms with E-state index in [0.717, 1.165) is 83.1 Å². The number of hydrogen-bond acceptors (Lipinski definition) is 2. The number of rotatable bonds is 8. The van der Waals surface area contributed by atoms with Crippen LogP contribution in [0.2, 0.25) is 0 Å². The first-order valence-electron chi connectivity index (χ1n) is 18.4. The van der Waals surface area contributed by atoms with Crippen molar-refractivity contribution in [2.24, 2.45) is 0 Å². The van der Waals surface area contributed by atoms with Crippen LogP contribution < -0.4 is 0 Å². The van der Waals surface area contributed by atoms with Crippen LogP contribution in [0.25, 0.3) is 66.1 Å². The highest BCUT2D eigenvalue weighted by Gasteiger charge is 2.34. The predicted molar refractivity (Wildman–Crippen MR) is 213 cm³/mol. The van der Waals surface area contributed by atoms with Crippen molar-refractivity contribution in [3.8, 4) is 22.5 Å². The van der Waals surface area contributed by atoms with Crippen molar-refractivity contribution in [1.82, 2.24) is 9.13 Å². The molecule has 1 aliphatic heterocycles. The third-order valence-corrected chi connectivity index (χ3v) is 12.8. The molecule has 4 nitrogen and oxygen atoms in total. The van der Waals surface area contributed by atoms with E-state index in [1.54, 1.807) is 0 Å². The second-order valence-corrected chi connectivity index (χ2v) is 16.4. The Balaban J connectivity index is 1.24. The van der Waals surface area contributed by atoms with Crippen LogP contribution in [-0.2, 0) is 22.7 Å². The molecule has 3 heterocycles. The smallest absolute Gasteiger partial charge is 0.207 e. The highest BCUT2D eigenvalue weighted by molar-refractivity contribution is 7.92. The highest BCUT2D eigenvalue weighted by Crippen LogP contribution is 2.46. The fourth-order valence-corrected chi connectivity index (χ4v) is 9.97. The van der Waals surface area contributed by atoms with Gasteiger partial charge in [-0.1, -0.05) is 62.1 Å². The van der Waals surface area contributed by atoms with Gasteiger partial charge < -0.3 is 9.13 Å². The average molecular weight is 687 g/mol. The Bertz CT molecular complexity index is 2630. The van der Waals surface area contributed by atoms with E-state index in [9.17, 15) is 8.42 Å².